The van der Waals surface area contributed by atoms with Gasteiger partial charge in [0.2, 0.25) is 10.0 Å². The van der Waals surface area contributed by atoms with Crippen molar-refractivity contribution in [2.45, 2.75) is 57.8 Å². The van der Waals surface area contributed by atoms with Gasteiger partial charge in [0.1, 0.15) is 5.54 Å². The fraction of sp³-hybridized carbons (Fsp3) is 0.750. The van der Waals surface area contributed by atoms with E-state index in [2.05, 4.69) is 11.2 Å². The fourth-order valence-corrected chi connectivity index (χ4v) is 3.85. The van der Waals surface area contributed by atoms with Crippen LogP contribution >= 0.6 is 0 Å². The molecule has 1 aliphatic heterocycles. The van der Waals surface area contributed by atoms with E-state index in [-0.39, 0.29) is 32.7 Å². The average molecular weight is 382 g/mol. The molecule has 0 unspecified atom stereocenters. The Balaban J connectivity index is 2.11. The summed E-state index contributed by atoms with van der Waals surface area (Å²) in [5, 5.41) is 23.7. The van der Waals surface area contributed by atoms with Crippen molar-refractivity contribution in [2.24, 2.45) is 0 Å². The van der Waals surface area contributed by atoms with Gasteiger partial charge in [0.15, 0.2) is 0 Å². The molecular formula is C16H27BN4O4S. The molecule has 1 N–H and O–H groups in total. The minimum atomic E-state index is -3.27. The van der Waals surface area contributed by atoms with Gasteiger partial charge >= 0.3 is 7.48 Å². The number of nitrogens with zero attached hydrogens (tertiary/aromatic N) is 4. The molecule has 0 aromatic carbocycles. The van der Waals surface area contributed by atoms with Crippen LogP contribution in [0.5, 0.6) is 0 Å². The van der Waals surface area contributed by atoms with Crippen LogP contribution in [-0.4, -0.2) is 65.1 Å². The molecule has 0 saturated carbocycles. The lowest BCUT2D eigenvalue weighted by atomic mass is 9.84. The lowest BCUT2D eigenvalue weighted by Crippen LogP contribution is -2.64. The maximum Gasteiger partial charge on any atom is 0.312 e. The van der Waals surface area contributed by atoms with Crippen LogP contribution in [0.3, 0.4) is 0 Å². The topological polar surface area (TPSA) is 108 Å². The monoisotopic (exact) mass is 382 g/mol. The third kappa shape index (κ3) is 3.96. The van der Waals surface area contributed by atoms with Gasteiger partial charge in [0.05, 0.1) is 29.4 Å². The van der Waals surface area contributed by atoms with Crippen LogP contribution in [0.15, 0.2) is 12.4 Å². The molecule has 2 heterocycles. The molecule has 0 aliphatic carbocycles. The molecule has 8 nitrogen and oxygen atoms in total. The normalized spacial score (nSPS) is 18.2. The highest BCUT2D eigenvalue weighted by atomic mass is 32.2. The number of hydrogen-bond acceptors (Lipinski definition) is 6. The summed E-state index contributed by atoms with van der Waals surface area (Å²) >= 11 is 0. The molecule has 0 radical (unpaired) electrons. The first-order chi connectivity index (χ1) is 11.9. The third-order valence-electron chi connectivity index (χ3n) is 5.30. The molecule has 1 saturated heterocycles. The maximum absolute atomic E-state index is 12.0. The first kappa shape index (κ1) is 20.9. The average Bonchev–Trinajstić information content (AvgIpc) is 2.96. The molecule has 1 aromatic rings. The predicted molar refractivity (Wildman–Crippen MR) is 99.7 cm³/mol. The lowest BCUT2D eigenvalue weighted by Gasteiger charge is -2.47. The lowest BCUT2D eigenvalue weighted by molar-refractivity contribution is -0.0893. The number of nitriles is 1. The predicted octanol–water partition coefficient (Wildman–Crippen LogP) is -0.300. The molecule has 1 aromatic heterocycles. The maximum atomic E-state index is 12.0. The highest BCUT2D eigenvalue weighted by Crippen LogP contribution is 2.33. The van der Waals surface area contributed by atoms with E-state index in [1.165, 1.54) is 4.31 Å². The Morgan fingerprint density at radius 2 is 2.04 bits per heavy atom. The minimum Gasteiger partial charge on any atom is -0.427 e. The van der Waals surface area contributed by atoms with Gasteiger partial charge < -0.3 is 9.76 Å². The molecule has 10 heteroatoms. The smallest absolute Gasteiger partial charge is 0.312 e. The van der Waals surface area contributed by atoms with Crippen LogP contribution in [0.1, 0.15) is 41.0 Å². The van der Waals surface area contributed by atoms with Crippen molar-refractivity contribution in [2.75, 3.05) is 18.8 Å². The van der Waals surface area contributed by atoms with Crippen molar-refractivity contribution in [1.29, 1.82) is 5.26 Å². The van der Waals surface area contributed by atoms with Gasteiger partial charge in [-0.25, -0.2) is 8.42 Å². The molecule has 1 aliphatic rings. The van der Waals surface area contributed by atoms with Crippen molar-refractivity contribution in [3.05, 3.63) is 12.4 Å². The summed E-state index contributed by atoms with van der Waals surface area (Å²) in [6.07, 6.45) is 3.62. The number of aliphatic hydroxyl groups is 1. The highest BCUT2D eigenvalue weighted by molar-refractivity contribution is 7.89. The summed E-state index contributed by atoms with van der Waals surface area (Å²) < 4.78 is 32.9. The summed E-state index contributed by atoms with van der Waals surface area (Å²) in [6, 6.07) is 2.14. The highest BCUT2D eigenvalue weighted by Gasteiger charge is 2.49. The molecule has 0 amide bonds. The largest absolute Gasteiger partial charge is 0.427 e. The number of rotatable bonds is 8. The molecule has 0 atom stereocenters. The Kier molecular flexibility index (Phi) is 5.60. The molecule has 1 fully saturated rings. The molecule has 26 heavy (non-hydrogen) atoms. The summed E-state index contributed by atoms with van der Waals surface area (Å²) in [5.41, 5.74) is -1.59. The first-order valence-corrected chi connectivity index (χ1v) is 10.2. The van der Waals surface area contributed by atoms with E-state index >= 15 is 0 Å². The molecule has 144 valence electrons. The standard InChI is InChI=1S/C16H27BN4O4S/c1-6-26(23,24)20-11-16(12-20,7-8-18)21-10-13(9-19-21)17-25-15(4,5)14(2,3)22/h9-10,17,22H,6-7,11-12H2,1-5H3. The second kappa shape index (κ2) is 6.96. The van der Waals surface area contributed by atoms with Crippen molar-refractivity contribution >= 4 is 23.0 Å². The van der Waals surface area contributed by atoms with Crippen LogP contribution in [-0.2, 0) is 20.2 Å². The van der Waals surface area contributed by atoms with Gasteiger partial charge in [-0.15, -0.1) is 0 Å². The summed E-state index contributed by atoms with van der Waals surface area (Å²) in [4.78, 5) is 0. The third-order valence-corrected chi connectivity index (χ3v) is 7.08. The quantitative estimate of drug-likeness (QED) is 0.619. The van der Waals surface area contributed by atoms with E-state index < -0.39 is 26.8 Å². The molecular weight excluding hydrogens is 355 g/mol. The van der Waals surface area contributed by atoms with Crippen LogP contribution in [0.4, 0.5) is 0 Å². The Bertz CT molecular complexity index is 786. The van der Waals surface area contributed by atoms with Crippen molar-refractivity contribution < 1.29 is 18.2 Å². The van der Waals surface area contributed by atoms with Gasteiger partial charge in [-0.3, -0.25) is 4.68 Å². The van der Waals surface area contributed by atoms with Crippen LogP contribution in [0, 0.1) is 11.3 Å². The summed E-state index contributed by atoms with van der Waals surface area (Å²) in [5.74, 6) is 0.0415. The summed E-state index contributed by atoms with van der Waals surface area (Å²) in [7, 11) is -3.01. The van der Waals surface area contributed by atoms with E-state index in [1.54, 1.807) is 37.8 Å². The number of sulfonamides is 1. The zero-order valence-corrected chi connectivity index (χ0v) is 16.9. The van der Waals surface area contributed by atoms with E-state index in [0.717, 1.165) is 5.46 Å². The zero-order valence-electron chi connectivity index (χ0n) is 16.1. The minimum absolute atomic E-state index is 0.0415. The molecule has 0 spiro atoms. The number of hydrogen-bond donors (Lipinski definition) is 1. The van der Waals surface area contributed by atoms with Gasteiger partial charge in [-0.2, -0.15) is 14.7 Å². The Morgan fingerprint density at radius 3 is 2.54 bits per heavy atom. The number of aromatic nitrogens is 2. The fourth-order valence-electron chi connectivity index (χ4n) is 2.61. The Labute approximate surface area is 156 Å². The first-order valence-electron chi connectivity index (χ1n) is 8.62. The Morgan fingerprint density at radius 1 is 1.42 bits per heavy atom. The SMILES string of the molecule is CCS(=O)(=O)N1CC(CC#N)(n2cc(BOC(C)(C)C(C)(C)O)cn2)C1. The van der Waals surface area contributed by atoms with Gasteiger partial charge in [0, 0.05) is 25.5 Å². The van der Waals surface area contributed by atoms with E-state index in [0.29, 0.717) is 0 Å². The van der Waals surface area contributed by atoms with Crippen molar-refractivity contribution in [1.82, 2.24) is 14.1 Å². The molecule has 0 bridgehead atoms. The van der Waals surface area contributed by atoms with Crippen LogP contribution in [0.25, 0.3) is 0 Å². The van der Waals surface area contributed by atoms with E-state index in [9.17, 15) is 13.5 Å². The summed E-state index contributed by atoms with van der Waals surface area (Å²) in [6.45, 7) is 9.10. The van der Waals surface area contributed by atoms with E-state index in [4.69, 9.17) is 9.92 Å². The molecule has 2 rings (SSSR count). The van der Waals surface area contributed by atoms with E-state index in [1.807, 2.05) is 13.8 Å². The zero-order chi connectivity index (χ0) is 19.8. The van der Waals surface area contributed by atoms with Crippen LogP contribution < -0.4 is 5.46 Å². The second-order valence-corrected chi connectivity index (χ2v) is 10.1. The van der Waals surface area contributed by atoms with Crippen molar-refractivity contribution in [3.8, 4) is 6.07 Å². The van der Waals surface area contributed by atoms with Gasteiger partial charge in [-0.1, -0.05) is 0 Å². The van der Waals surface area contributed by atoms with Gasteiger partial charge in [-0.05, 0) is 40.1 Å². The second-order valence-electron chi connectivity index (χ2n) is 7.88. The van der Waals surface area contributed by atoms with Crippen molar-refractivity contribution in [3.63, 3.8) is 0 Å². The van der Waals surface area contributed by atoms with Gasteiger partial charge in [0.25, 0.3) is 0 Å². The Hall–Kier alpha value is -1.41. The van der Waals surface area contributed by atoms with Crippen LogP contribution in [0.2, 0.25) is 0 Å².